The van der Waals surface area contributed by atoms with Crippen LogP contribution < -0.4 is 4.72 Å². The fourth-order valence-corrected chi connectivity index (χ4v) is 3.26. The van der Waals surface area contributed by atoms with Gasteiger partial charge in [-0.1, -0.05) is 0 Å². The van der Waals surface area contributed by atoms with Crippen LogP contribution in [0.15, 0.2) is 39.9 Å². The molecule has 2 rings (SSSR count). The zero-order valence-corrected chi connectivity index (χ0v) is 12.2. The molecule has 0 aliphatic heterocycles. The topological polar surface area (TPSA) is 109 Å². The summed E-state index contributed by atoms with van der Waals surface area (Å²) in [6, 6.07) is 3.90. The Morgan fingerprint density at radius 1 is 1.38 bits per heavy atom. The second-order valence-corrected chi connectivity index (χ2v) is 6.14. The Morgan fingerprint density at radius 3 is 2.52 bits per heavy atom. The molecule has 112 valence electrons. The molecule has 1 atom stereocenters. The van der Waals surface area contributed by atoms with E-state index >= 15 is 0 Å². The molecule has 0 radical (unpaired) electrons. The second-order valence-electron chi connectivity index (χ2n) is 4.46. The van der Waals surface area contributed by atoms with Crippen molar-refractivity contribution < 1.29 is 22.7 Å². The predicted molar refractivity (Wildman–Crippen MR) is 73.4 cm³/mol. The van der Waals surface area contributed by atoms with Crippen LogP contribution in [0, 0.1) is 6.92 Å². The van der Waals surface area contributed by atoms with E-state index in [1.54, 1.807) is 31.5 Å². The molecule has 8 heteroatoms. The van der Waals surface area contributed by atoms with Crippen LogP contribution >= 0.6 is 0 Å². The Hall–Kier alpha value is -2.19. The molecule has 0 fully saturated rings. The third-order valence-electron chi connectivity index (χ3n) is 2.91. The van der Waals surface area contributed by atoms with Crippen LogP contribution in [-0.2, 0) is 10.0 Å². The summed E-state index contributed by atoms with van der Waals surface area (Å²) >= 11 is 0. The molecule has 0 bridgehead atoms. The number of pyridine rings is 1. The third-order valence-corrected chi connectivity index (χ3v) is 4.56. The fourth-order valence-electron chi connectivity index (χ4n) is 1.85. The smallest absolute Gasteiger partial charge is 0.371 e. The fraction of sp³-hybridized carbons (Fsp3) is 0.231. The van der Waals surface area contributed by atoms with Gasteiger partial charge in [-0.2, -0.15) is 0 Å². The lowest BCUT2D eigenvalue weighted by Gasteiger charge is -2.13. The summed E-state index contributed by atoms with van der Waals surface area (Å²) in [5, 5.41) is 8.83. The van der Waals surface area contributed by atoms with E-state index in [1.165, 1.54) is 6.92 Å². The molecule has 0 saturated heterocycles. The lowest BCUT2D eigenvalue weighted by molar-refractivity contribution is 0.0661. The molecule has 0 spiro atoms. The Bertz CT molecular complexity index is 752. The van der Waals surface area contributed by atoms with E-state index in [9.17, 15) is 13.2 Å². The molecular weight excluding hydrogens is 296 g/mol. The van der Waals surface area contributed by atoms with Crippen molar-refractivity contribution in [1.82, 2.24) is 9.71 Å². The maximum Gasteiger partial charge on any atom is 0.371 e. The van der Waals surface area contributed by atoms with Crippen molar-refractivity contribution in [2.45, 2.75) is 24.8 Å². The average Bonchev–Trinajstić information content (AvgIpc) is 2.82. The molecule has 2 aromatic heterocycles. The predicted octanol–water partition coefficient (Wildman–Crippen LogP) is 1.72. The Kier molecular flexibility index (Phi) is 4.10. The van der Waals surface area contributed by atoms with Gasteiger partial charge in [0.25, 0.3) is 0 Å². The lowest BCUT2D eigenvalue weighted by atomic mass is 10.1. The van der Waals surface area contributed by atoms with E-state index in [1.807, 2.05) is 0 Å². The van der Waals surface area contributed by atoms with Gasteiger partial charge in [0, 0.05) is 24.5 Å². The normalized spacial score (nSPS) is 13.0. The number of aromatic nitrogens is 1. The van der Waals surface area contributed by atoms with Gasteiger partial charge in [0.1, 0.15) is 10.7 Å². The molecule has 0 aliphatic carbocycles. The van der Waals surface area contributed by atoms with Gasteiger partial charge < -0.3 is 9.52 Å². The number of nitrogens with zero attached hydrogens (tertiary/aromatic N) is 1. The van der Waals surface area contributed by atoms with E-state index in [-0.39, 0.29) is 10.7 Å². The Balaban J connectivity index is 2.29. The summed E-state index contributed by atoms with van der Waals surface area (Å²) in [5.41, 5.74) is 0.744. The minimum atomic E-state index is -3.88. The number of hydrogen-bond acceptors (Lipinski definition) is 5. The number of carboxylic acid groups (broad SMARTS) is 1. The van der Waals surface area contributed by atoms with Crippen molar-refractivity contribution in [2.75, 3.05) is 0 Å². The Labute approximate surface area is 121 Å². The van der Waals surface area contributed by atoms with Crippen molar-refractivity contribution in [3.8, 4) is 0 Å². The number of carbonyl (C=O) groups is 1. The molecule has 2 N–H and O–H groups in total. The standard InChI is InChI=1S/C13H14N2O5S/c1-8(10-3-5-14-6-4-10)15-21(18,19)12-7-11(13(16)17)20-9(12)2/h3-8,15H,1-2H3,(H,16,17)/t8-/m0/s1. The van der Waals surface area contributed by atoms with E-state index in [0.717, 1.165) is 11.6 Å². The summed E-state index contributed by atoms with van der Waals surface area (Å²) in [6.07, 6.45) is 3.12. The highest BCUT2D eigenvalue weighted by Crippen LogP contribution is 2.22. The van der Waals surface area contributed by atoms with Gasteiger partial charge in [0.2, 0.25) is 15.8 Å². The average molecular weight is 310 g/mol. The number of furan rings is 1. The summed E-state index contributed by atoms with van der Waals surface area (Å²) in [4.78, 5) is 14.5. The summed E-state index contributed by atoms with van der Waals surface area (Å²) in [7, 11) is -3.88. The van der Waals surface area contributed by atoms with E-state index < -0.39 is 27.8 Å². The van der Waals surface area contributed by atoms with E-state index in [0.29, 0.717) is 0 Å². The molecular formula is C13H14N2O5S. The van der Waals surface area contributed by atoms with Gasteiger partial charge in [-0.05, 0) is 31.5 Å². The number of rotatable bonds is 5. The first-order chi connectivity index (χ1) is 9.81. The first-order valence-electron chi connectivity index (χ1n) is 6.07. The molecule has 2 heterocycles. The number of hydrogen-bond donors (Lipinski definition) is 2. The van der Waals surface area contributed by atoms with Crippen LogP contribution in [0.2, 0.25) is 0 Å². The molecule has 0 saturated carbocycles. The maximum absolute atomic E-state index is 12.3. The van der Waals surface area contributed by atoms with Gasteiger partial charge in [0.15, 0.2) is 0 Å². The summed E-state index contributed by atoms with van der Waals surface area (Å²) in [6.45, 7) is 3.08. The second kappa shape index (κ2) is 5.66. The summed E-state index contributed by atoms with van der Waals surface area (Å²) < 4.78 is 32.0. The zero-order valence-electron chi connectivity index (χ0n) is 11.4. The SMILES string of the molecule is Cc1oc(C(=O)O)cc1S(=O)(=O)N[C@@H](C)c1ccncc1. The molecule has 2 aromatic rings. The first-order valence-corrected chi connectivity index (χ1v) is 7.55. The van der Waals surface area contributed by atoms with Crippen molar-refractivity contribution in [3.05, 3.63) is 47.7 Å². The molecule has 0 aromatic carbocycles. The summed E-state index contributed by atoms with van der Waals surface area (Å²) in [5.74, 6) is -1.70. The van der Waals surface area contributed by atoms with E-state index in [2.05, 4.69) is 9.71 Å². The van der Waals surface area contributed by atoms with Gasteiger partial charge in [-0.15, -0.1) is 0 Å². The van der Waals surface area contributed by atoms with Gasteiger partial charge >= 0.3 is 5.97 Å². The number of carboxylic acids is 1. The minimum Gasteiger partial charge on any atom is -0.475 e. The van der Waals surface area contributed by atoms with Crippen LogP contribution in [0.3, 0.4) is 0 Å². The van der Waals surface area contributed by atoms with Crippen molar-refractivity contribution in [1.29, 1.82) is 0 Å². The largest absolute Gasteiger partial charge is 0.475 e. The molecule has 0 unspecified atom stereocenters. The van der Waals surface area contributed by atoms with Crippen LogP contribution in [0.5, 0.6) is 0 Å². The highest BCUT2D eigenvalue weighted by Gasteiger charge is 2.25. The molecule has 21 heavy (non-hydrogen) atoms. The van der Waals surface area contributed by atoms with Crippen molar-refractivity contribution in [2.24, 2.45) is 0 Å². The zero-order chi connectivity index (χ0) is 15.6. The maximum atomic E-state index is 12.3. The molecule has 7 nitrogen and oxygen atoms in total. The van der Waals surface area contributed by atoms with Gasteiger partial charge in [-0.3, -0.25) is 4.98 Å². The minimum absolute atomic E-state index is 0.0295. The lowest BCUT2D eigenvalue weighted by Crippen LogP contribution is -2.27. The van der Waals surface area contributed by atoms with Crippen molar-refractivity contribution >= 4 is 16.0 Å². The first kappa shape index (κ1) is 15.2. The molecule has 0 aliphatic rings. The quantitative estimate of drug-likeness (QED) is 0.870. The Morgan fingerprint density at radius 2 is 2.00 bits per heavy atom. The number of nitrogens with one attached hydrogen (secondary N) is 1. The van der Waals surface area contributed by atoms with Gasteiger partial charge in [-0.25, -0.2) is 17.9 Å². The molecule has 0 amide bonds. The highest BCUT2D eigenvalue weighted by molar-refractivity contribution is 7.89. The van der Waals surface area contributed by atoms with Crippen molar-refractivity contribution in [3.63, 3.8) is 0 Å². The number of aryl methyl sites for hydroxylation is 1. The van der Waals surface area contributed by atoms with Gasteiger partial charge in [0.05, 0.1) is 0 Å². The number of aromatic carboxylic acids is 1. The number of sulfonamides is 1. The van der Waals surface area contributed by atoms with E-state index in [4.69, 9.17) is 9.52 Å². The van der Waals surface area contributed by atoms with Crippen LogP contribution in [0.25, 0.3) is 0 Å². The highest BCUT2D eigenvalue weighted by atomic mass is 32.2. The third kappa shape index (κ3) is 3.29. The monoisotopic (exact) mass is 310 g/mol. The van der Waals surface area contributed by atoms with Crippen LogP contribution in [-0.4, -0.2) is 24.5 Å². The van der Waals surface area contributed by atoms with Crippen LogP contribution in [0.1, 0.15) is 34.8 Å². The van der Waals surface area contributed by atoms with Crippen LogP contribution in [0.4, 0.5) is 0 Å².